The van der Waals surface area contributed by atoms with Crippen molar-refractivity contribution >= 4 is 40.6 Å². The second-order valence-corrected chi connectivity index (χ2v) is 9.69. The number of amides is 1. The molecule has 4 rings (SSSR count). The Morgan fingerprint density at radius 1 is 0.971 bits per heavy atom. The Morgan fingerprint density at radius 3 is 2.35 bits per heavy atom. The highest BCUT2D eigenvalue weighted by atomic mass is 35.5. The summed E-state index contributed by atoms with van der Waals surface area (Å²) in [4.78, 5) is 12.8. The highest BCUT2D eigenvalue weighted by Gasteiger charge is 2.20. The molecule has 34 heavy (non-hydrogen) atoms. The van der Waals surface area contributed by atoms with E-state index in [-0.39, 0.29) is 11.2 Å². The van der Waals surface area contributed by atoms with Gasteiger partial charge in [-0.2, -0.15) is 0 Å². The molecule has 0 radical (unpaired) electrons. The van der Waals surface area contributed by atoms with Crippen LogP contribution < -0.4 is 10.6 Å². The van der Waals surface area contributed by atoms with E-state index in [4.69, 9.17) is 11.6 Å². The number of nitrogens with zero attached hydrogens (tertiary/aromatic N) is 3. The minimum atomic E-state index is -0.350. The molecule has 0 aliphatic carbocycles. The van der Waals surface area contributed by atoms with Crippen LogP contribution >= 0.6 is 23.4 Å². The van der Waals surface area contributed by atoms with Crippen molar-refractivity contribution in [3.8, 4) is 0 Å². The van der Waals surface area contributed by atoms with E-state index in [1.807, 2.05) is 80.6 Å². The van der Waals surface area contributed by atoms with Crippen molar-refractivity contribution in [1.82, 2.24) is 14.8 Å². The summed E-state index contributed by atoms with van der Waals surface area (Å²) >= 11 is 7.39. The van der Waals surface area contributed by atoms with E-state index in [1.54, 1.807) is 0 Å². The first-order chi connectivity index (χ1) is 16.5. The molecule has 0 saturated heterocycles. The third kappa shape index (κ3) is 6.40. The average molecular weight is 492 g/mol. The van der Waals surface area contributed by atoms with Crippen LogP contribution in [-0.2, 0) is 17.9 Å². The number of rotatable bonds is 9. The third-order valence-corrected chi connectivity index (χ3v) is 6.57. The number of aromatic nitrogens is 3. The van der Waals surface area contributed by atoms with Crippen LogP contribution in [0.3, 0.4) is 0 Å². The Balaban J connectivity index is 1.50. The summed E-state index contributed by atoms with van der Waals surface area (Å²) in [5, 5.41) is 16.2. The van der Waals surface area contributed by atoms with Crippen LogP contribution in [0.2, 0.25) is 5.02 Å². The first-order valence-electron chi connectivity index (χ1n) is 11.0. The molecule has 0 saturated carbocycles. The molecule has 0 fully saturated rings. The Labute approximate surface area is 208 Å². The SMILES string of the molecule is Cc1ccc(NC(=O)C(C)Sc2nnc(CNc3ccc(Cl)cc3)n2Cc2ccccc2)cc1. The summed E-state index contributed by atoms with van der Waals surface area (Å²) < 4.78 is 2.05. The predicted octanol–water partition coefficient (Wildman–Crippen LogP) is 6.02. The molecule has 1 aromatic heterocycles. The molecule has 2 N–H and O–H groups in total. The number of aryl methyl sites for hydroxylation is 1. The van der Waals surface area contributed by atoms with Gasteiger partial charge in [0.25, 0.3) is 0 Å². The van der Waals surface area contributed by atoms with Crippen molar-refractivity contribution in [2.45, 2.75) is 37.3 Å². The van der Waals surface area contributed by atoms with Crippen molar-refractivity contribution < 1.29 is 4.79 Å². The summed E-state index contributed by atoms with van der Waals surface area (Å²) in [6.45, 7) is 5.00. The molecule has 0 bridgehead atoms. The topological polar surface area (TPSA) is 71.8 Å². The fourth-order valence-corrected chi connectivity index (χ4v) is 4.30. The average Bonchev–Trinajstić information content (AvgIpc) is 3.21. The quantitative estimate of drug-likeness (QED) is 0.280. The predicted molar refractivity (Wildman–Crippen MR) is 139 cm³/mol. The van der Waals surface area contributed by atoms with Gasteiger partial charge in [-0.05, 0) is 55.8 Å². The molecular formula is C26H26ClN5OS. The second-order valence-electron chi connectivity index (χ2n) is 7.95. The molecule has 0 spiro atoms. The Morgan fingerprint density at radius 2 is 1.65 bits per heavy atom. The van der Waals surface area contributed by atoms with E-state index < -0.39 is 0 Å². The first kappa shape index (κ1) is 23.9. The number of nitrogens with one attached hydrogen (secondary N) is 2. The summed E-state index contributed by atoms with van der Waals surface area (Å²) in [6, 6.07) is 25.4. The van der Waals surface area contributed by atoms with E-state index in [0.717, 1.165) is 28.3 Å². The number of carbonyl (C=O) groups is 1. The van der Waals surface area contributed by atoms with Crippen LogP contribution in [0.15, 0.2) is 84.0 Å². The molecule has 1 amide bonds. The smallest absolute Gasteiger partial charge is 0.237 e. The highest BCUT2D eigenvalue weighted by molar-refractivity contribution is 8.00. The number of thioether (sulfide) groups is 1. The summed E-state index contributed by atoms with van der Waals surface area (Å²) in [5.41, 5.74) is 4.00. The maximum Gasteiger partial charge on any atom is 0.237 e. The molecule has 1 atom stereocenters. The van der Waals surface area contributed by atoms with Crippen molar-refractivity contribution in [3.63, 3.8) is 0 Å². The van der Waals surface area contributed by atoms with Crippen LogP contribution in [0, 0.1) is 6.92 Å². The monoisotopic (exact) mass is 491 g/mol. The van der Waals surface area contributed by atoms with Crippen LogP contribution in [0.1, 0.15) is 23.9 Å². The molecule has 0 aliphatic heterocycles. The number of carbonyl (C=O) groups excluding carboxylic acids is 1. The largest absolute Gasteiger partial charge is 0.378 e. The Kier molecular flexibility index (Phi) is 7.87. The Bertz CT molecular complexity index is 1230. The van der Waals surface area contributed by atoms with Gasteiger partial charge in [0.15, 0.2) is 11.0 Å². The standard InChI is InChI=1S/C26H26ClN5OS/c1-18-8-12-23(13-9-18)29-25(33)19(2)34-26-31-30-24(16-28-22-14-10-21(27)11-15-22)32(26)17-20-6-4-3-5-7-20/h3-15,19,28H,16-17H2,1-2H3,(H,29,33). The van der Waals surface area contributed by atoms with E-state index >= 15 is 0 Å². The molecule has 0 aliphatic rings. The number of hydrogen-bond donors (Lipinski definition) is 2. The third-order valence-electron chi connectivity index (χ3n) is 5.24. The molecule has 1 unspecified atom stereocenters. The Hall–Kier alpha value is -3.29. The van der Waals surface area contributed by atoms with Crippen LogP contribution in [0.5, 0.6) is 0 Å². The van der Waals surface area contributed by atoms with E-state index in [1.165, 1.54) is 11.8 Å². The molecular weight excluding hydrogens is 466 g/mol. The number of benzene rings is 3. The van der Waals surface area contributed by atoms with Crippen LogP contribution in [-0.4, -0.2) is 25.9 Å². The minimum absolute atomic E-state index is 0.0797. The van der Waals surface area contributed by atoms with Gasteiger partial charge in [0.05, 0.1) is 18.3 Å². The maximum atomic E-state index is 12.8. The maximum absolute atomic E-state index is 12.8. The molecule has 4 aromatic rings. The first-order valence-corrected chi connectivity index (χ1v) is 12.2. The normalized spacial score (nSPS) is 11.7. The number of halogens is 1. The van der Waals surface area contributed by atoms with Gasteiger partial charge >= 0.3 is 0 Å². The molecule has 1 heterocycles. The summed E-state index contributed by atoms with van der Waals surface area (Å²) in [7, 11) is 0. The zero-order chi connectivity index (χ0) is 23.9. The zero-order valence-corrected chi connectivity index (χ0v) is 20.6. The number of anilines is 2. The lowest BCUT2D eigenvalue weighted by molar-refractivity contribution is -0.115. The van der Waals surface area contributed by atoms with Crippen molar-refractivity contribution in [2.75, 3.05) is 10.6 Å². The summed E-state index contributed by atoms with van der Waals surface area (Å²) in [5.74, 6) is 0.705. The molecule has 6 nitrogen and oxygen atoms in total. The zero-order valence-electron chi connectivity index (χ0n) is 19.0. The molecule has 174 valence electrons. The summed E-state index contributed by atoms with van der Waals surface area (Å²) in [6.07, 6.45) is 0. The van der Waals surface area contributed by atoms with E-state index in [9.17, 15) is 4.79 Å². The van der Waals surface area contributed by atoms with Gasteiger partial charge in [-0.1, -0.05) is 71.4 Å². The highest BCUT2D eigenvalue weighted by Crippen LogP contribution is 2.25. The van der Waals surface area contributed by atoms with Gasteiger partial charge in [-0.3, -0.25) is 4.79 Å². The van der Waals surface area contributed by atoms with Gasteiger partial charge in [0.2, 0.25) is 5.91 Å². The van der Waals surface area contributed by atoms with Gasteiger partial charge in [0.1, 0.15) is 0 Å². The van der Waals surface area contributed by atoms with Crippen LogP contribution in [0.4, 0.5) is 11.4 Å². The van der Waals surface area contributed by atoms with E-state index in [0.29, 0.717) is 23.3 Å². The van der Waals surface area contributed by atoms with Crippen LogP contribution in [0.25, 0.3) is 0 Å². The lowest BCUT2D eigenvalue weighted by Crippen LogP contribution is -2.23. The fraction of sp³-hybridized carbons (Fsp3) is 0.192. The minimum Gasteiger partial charge on any atom is -0.378 e. The second kappa shape index (κ2) is 11.2. The molecule has 8 heteroatoms. The van der Waals surface area contributed by atoms with Gasteiger partial charge in [-0.25, -0.2) is 0 Å². The fourth-order valence-electron chi connectivity index (χ4n) is 3.30. The van der Waals surface area contributed by atoms with Crippen molar-refractivity contribution in [1.29, 1.82) is 0 Å². The lowest BCUT2D eigenvalue weighted by Gasteiger charge is -2.14. The number of hydrogen-bond acceptors (Lipinski definition) is 5. The van der Waals surface area contributed by atoms with Gasteiger partial charge < -0.3 is 15.2 Å². The lowest BCUT2D eigenvalue weighted by atomic mass is 10.2. The van der Waals surface area contributed by atoms with Gasteiger partial charge in [0, 0.05) is 16.4 Å². The molecule has 3 aromatic carbocycles. The van der Waals surface area contributed by atoms with Crippen molar-refractivity contribution in [3.05, 3.63) is 101 Å². The van der Waals surface area contributed by atoms with E-state index in [2.05, 4.69) is 37.5 Å². The van der Waals surface area contributed by atoms with Crippen molar-refractivity contribution in [2.24, 2.45) is 0 Å². The van der Waals surface area contributed by atoms with Gasteiger partial charge in [-0.15, -0.1) is 10.2 Å².